The molecule has 4 heterocycles. The van der Waals surface area contributed by atoms with Gasteiger partial charge < -0.3 is 66.2 Å². The number of nitrogens with two attached hydrogens (primary N) is 1. The van der Waals surface area contributed by atoms with Crippen LogP contribution in [0.25, 0.3) is 0 Å². The van der Waals surface area contributed by atoms with Gasteiger partial charge in [-0.2, -0.15) is 0 Å². The van der Waals surface area contributed by atoms with E-state index in [1.54, 1.807) is 69.8 Å². The molecule has 4 aliphatic heterocycles. The first kappa shape index (κ1) is 57.1. The number of methoxy groups -OCH3 is 2. The first-order valence-corrected chi connectivity index (χ1v) is 28.9. The molecule has 0 bridgehead atoms. The Morgan fingerprint density at radius 1 is 0.738 bits per heavy atom. The maximum atomic E-state index is 14.2. The number of fused-ring (bicyclic) bond motifs is 8. The van der Waals surface area contributed by atoms with Crippen molar-refractivity contribution in [3.63, 3.8) is 0 Å². The predicted molar refractivity (Wildman–Crippen MR) is 311 cm³/mol. The minimum atomic E-state index is -1.09. The van der Waals surface area contributed by atoms with Crippen molar-refractivity contribution >= 4 is 85.5 Å². The Morgan fingerprint density at radius 3 is 1.95 bits per heavy atom. The Kier molecular flexibility index (Phi) is 17.4. The van der Waals surface area contributed by atoms with Crippen LogP contribution in [0.15, 0.2) is 91.0 Å². The summed E-state index contributed by atoms with van der Waals surface area (Å²) in [4.78, 5) is 83.3. The number of para-hydroxylation sites is 2. The van der Waals surface area contributed by atoms with Crippen molar-refractivity contribution in [1.29, 1.82) is 0 Å². The van der Waals surface area contributed by atoms with Gasteiger partial charge in [-0.3, -0.25) is 28.8 Å². The number of amides is 6. The second-order valence-electron chi connectivity index (χ2n) is 21.2. The summed E-state index contributed by atoms with van der Waals surface area (Å²) in [5.41, 5.74) is 12.2. The second kappa shape index (κ2) is 24.4. The van der Waals surface area contributed by atoms with E-state index in [2.05, 4.69) is 26.6 Å². The average Bonchev–Trinajstić information content (AvgIpc) is 4.13. The molecule has 0 fully saturated rings. The number of nitrogens with one attached hydrogen (secondary N) is 5. The molecule has 4 aliphatic rings. The second-order valence-corrected chi connectivity index (χ2v) is 24.5. The van der Waals surface area contributed by atoms with Gasteiger partial charge >= 0.3 is 0 Å². The van der Waals surface area contributed by atoms with E-state index in [-0.39, 0.29) is 70.8 Å². The smallest absolute Gasteiger partial charge is 0.260 e. The lowest BCUT2D eigenvalue weighted by molar-refractivity contribution is -0.130. The van der Waals surface area contributed by atoms with E-state index < -0.39 is 36.2 Å². The summed E-state index contributed by atoms with van der Waals surface area (Å²) in [7, 11) is 6.26. The molecular weight excluding hydrogens is 1060 g/mol. The third-order valence-corrected chi connectivity index (χ3v) is 18.6. The van der Waals surface area contributed by atoms with Gasteiger partial charge in [-0.25, -0.2) is 0 Å². The van der Waals surface area contributed by atoms with Gasteiger partial charge in [0.15, 0.2) is 23.0 Å². The van der Waals surface area contributed by atoms with Crippen LogP contribution in [0.1, 0.15) is 103 Å². The van der Waals surface area contributed by atoms with Crippen LogP contribution in [0, 0.1) is 0 Å². The summed E-state index contributed by atoms with van der Waals surface area (Å²) < 4.78 is 24.2. The zero-order valence-corrected chi connectivity index (χ0v) is 47.4. The summed E-state index contributed by atoms with van der Waals surface area (Å²) in [6, 6.07) is 24.8. The van der Waals surface area contributed by atoms with Crippen LogP contribution >= 0.6 is 21.6 Å². The molecule has 80 heavy (non-hydrogen) atoms. The molecular formula is C59H68N8O11S2. The maximum absolute atomic E-state index is 14.2. The van der Waals surface area contributed by atoms with Crippen LogP contribution in [0.5, 0.6) is 23.0 Å². The van der Waals surface area contributed by atoms with E-state index in [1.807, 2.05) is 80.3 Å². The molecule has 9 rings (SSSR count). The third kappa shape index (κ3) is 12.8. The fraction of sp³-hybridized carbons (Fsp3) is 0.390. The lowest BCUT2D eigenvalue weighted by atomic mass is 10.1. The zero-order valence-electron chi connectivity index (χ0n) is 45.8. The highest BCUT2D eigenvalue weighted by molar-refractivity contribution is 8.77. The molecule has 422 valence electrons. The van der Waals surface area contributed by atoms with Crippen LogP contribution < -0.4 is 61.1 Å². The summed E-state index contributed by atoms with van der Waals surface area (Å²) in [6.07, 6.45) is 1.79. The Labute approximate surface area is 473 Å². The quantitative estimate of drug-likeness (QED) is 0.0328. The van der Waals surface area contributed by atoms with Crippen LogP contribution in [-0.2, 0) is 45.2 Å². The number of anilines is 5. The molecule has 21 heteroatoms. The number of nitrogens with zero attached hydrogens (tertiary/aromatic N) is 2. The standard InChI is InChI=1S/C59H68N8O11S2/c1-32(16-17-52(60)68)79-80-59(4,5)19-18-53(69)62-33(2)54(70)63-34(3)55(71)64-39-21-35(30-77-50-27-43-41(25-48(50)75-6)57(73)66-40(29-61-43)23-37-12-8-10-14-45(37)66)20-36(22-39)31-78-51-28-44-42(26-49(51)76-7)58(74)67-46-15-11-9-13-38(46)24-47(67)56(72)65-44/h8-15,20-22,25-28,32-34,40,47,56,61,65,72H,16-19,23-24,29-31H2,1-7H3,(H2,60,68)(H,62,69)(H,63,70)(H,64,71)/t32?,33-,34+,40-,47-,56?/m0/s1. The van der Waals surface area contributed by atoms with Gasteiger partial charge in [0.1, 0.15) is 31.5 Å². The monoisotopic (exact) mass is 1130 g/mol. The topological polar surface area (TPSA) is 252 Å². The highest BCUT2D eigenvalue weighted by Gasteiger charge is 2.43. The lowest BCUT2D eigenvalue weighted by Gasteiger charge is -2.26. The van der Waals surface area contributed by atoms with Crippen LogP contribution in [-0.4, -0.2) is 102 Å². The highest BCUT2D eigenvalue weighted by Crippen LogP contribution is 2.45. The molecule has 0 aliphatic carbocycles. The van der Waals surface area contributed by atoms with E-state index in [0.717, 1.165) is 28.9 Å². The molecule has 6 atom stereocenters. The highest BCUT2D eigenvalue weighted by atomic mass is 33.1. The van der Waals surface area contributed by atoms with E-state index >= 15 is 0 Å². The van der Waals surface area contributed by atoms with Gasteiger partial charge in [0, 0.05) is 58.6 Å². The molecule has 6 amide bonds. The van der Waals surface area contributed by atoms with Crippen molar-refractivity contribution in [1.82, 2.24) is 10.6 Å². The number of primary amides is 1. The lowest BCUT2D eigenvalue weighted by Crippen LogP contribution is -2.50. The first-order valence-electron chi connectivity index (χ1n) is 26.7. The van der Waals surface area contributed by atoms with E-state index in [9.17, 15) is 33.9 Å². The summed E-state index contributed by atoms with van der Waals surface area (Å²) in [5.74, 6) is -0.931. The number of carbonyl (C=O) groups is 6. The zero-order chi connectivity index (χ0) is 57.0. The largest absolute Gasteiger partial charge is 0.493 e. The molecule has 5 aromatic carbocycles. The molecule has 8 N–H and O–H groups in total. The SMILES string of the molecule is COc1cc2c(cc1OCc1cc(COc3cc4c(cc3OC)C(=O)N3c5ccccc5C[C@H]3C(O)N4)cc(NC(=O)[C@@H](C)NC(=O)[C@H](C)NC(=O)CCC(C)(C)SSC(C)CCC(N)=O)c1)NC[C@@H]1Cc3ccccc3N1C2=O. The van der Waals surface area contributed by atoms with Crippen LogP contribution in [0.3, 0.4) is 0 Å². The Balaban J connectivity index is 0.904. The summed E-state index contributed by atoms with van der Waals surface area (Å²) >= 11 is 0. The van der Waals surface area contributed by atoms with Crippen molar-refractivity contribution in [3.05, 3.63) is 124 Å². The minimum absolute atomic E-state index is 0.0247. The van der Waals surface area contributed by atoms with Crippen molar-refractivity contribution in [2.45, 2.75) is 127 Å². The molecule has 5 aromatic rings. The van der Waals surface area contributed by atoms with Crippen molar-refractivity contribution in [3.8, 4) is 23.0 Å². The summed E-state index contributed by atoms with van der Waals surface area (Å²) in [6.45, 7) is 9.62. The molecule has 0 spiro atoms. The van der Waals surface area contributed by atoms with E-state index in [1.165, 1.54) is 21.1 Å². The number of benzene rings is 5. The number of carbonyl (C=O) groups excluding carboxylic acids is 6. The first-order chi connectivity index (χ1) is 38.3. The molecule has 0 aromatic heterocycles. The number of hydrogen-bond acceptors (Lipinski definition) is 15. The normalized spacial score (nSPS) is 17.9. The Hall–Kier alpha value is -7.62. The van der Waals surface area contributed by atoms with Gasteiger partial charge in [-0.1, -0.05) is 64.9 Å². The van der Waals surface area contributed by atoms with Gasteiger partial charge in [0.2, 0.25) is 23.6 Å². The molecule has 0 radical (unpaired) electrons. The predicted octanol–water partition coefficient (Wildman–Crippen LogP) is 7.72. The van der Waals surface area contributed by atoms with Crippen molar-refractivity contribution < 1.29 is 52.8 Å². The van der Waals surface area contributed by atoms with Crippen LogP contribution in [0.4, 0.5) is 28.4 Å². The fourth-order valence-corrected chi connectivity index (χ4v) is 12.9. The third-order valence-electron chi connectivity index (χ3n) is 14.6. The molecule has 0 saturated carbocycles. The molecule has 2 unspecified atom stereocenters. The minimum Gasteiger partial charge on any atom is -0.493 e. The number of aliphatic hydroxyl groups excluding tert-OH is 1. The average molecular weight is 1130 g/mol. The van der Waals surface area contributed by atoms with Gasteiger partial charge in [-0.15, -0.1) is 0 Å². The number of rotatable bonds is 22. The summed E-state index contributed by atoms with van der Waals surface area (Å²) in [5, 5.41) is 26.6. The van der Waals surface area contributed by atoms with Crippen LogP contribution in [0.2, 0.25) is 0 Å². The van der Waals surface area contributed by atoms with Gasteiger partial charge in [0.25, 0.3) is 11.8 Å². The van der Waals surface area contributed by atoms with Gasteiger partial charge in [-0.05, 0) is 118 Å². The fourth-order valence-electron chi connectivity index (χ4n) is 10.3. The van der Waals surface area contributed by atoms with E-state index in [4.69, 9.17) is 24.7 Å². The number of ether oxygens (including phenoxy) is 4. The van der Waals surface area contributed by atoms with Crippen molar-refractivity contribution in [2.75, 3.05) is 46.5 Å². The maximum Gasteiger partial charge on any atom is 0.260 e. The van der Waals surface area contributed by atoms with Crippen molar-refractivity contribution in [2.24, 2.45) is 5.73 Å². The Bertz CT molecular complexity index is 3210. The number of aliphatic hydroxyl groups is 1. The Morgan fingerprint density at radius 2 is 1.31 bits per heavy atom. The number of hydrogen-bond donors (Lipinski definition) is 7. The van der Waals surface area contributed by atoms with Gasteiger partial charge in [0.05, 0.1) is 48.8 Å². The molecule has 0 saturated heterocycles. The van der Waals surface area contributed by atoms with E-state index in [0.29, 0.717) is 83.0 Å². The molecule has 19 nitrogen and oxygen atoms in total.